The summed E-state index contributed by atoms with van der Waals surface area (Å²) < 4.78 is 2.37. The molecule has 0 radical (unpaired) electrons. The molecule has 0 aromatic carbocycles. The number of amides is 1. The Labute approximate surface area is 182 Å². The van der Waals surface area contributed by atoms with Gasteiger partial charge in [-0.15, -0.1) is 11.3 Å². The van der Waals surface area contributed by atoms with Crippen molar-refractivity contribution in [1.29, 1.82) is 0 Å². The number of nitrogens with two attached hydrogens (primary N) is 1. The van der Waals surface area contributed by atoms with Crippen molar-refractivity contribution in [3.63, 3.8) is 0 Å². The first-order chi connectivity index (χ1) is 13.8. The predicted octanol–water partition coefficient (Wildman–Crippen LogP) is 2.62. The van der Waals surface area contributed by atoms with Gasteiger partial charge in [-0.2, -0.15) is 0 Å². The van der Waals surface area contributed by atoms with E-state index >= 15 is 0 Å². The monoisotopic (exact) mass is 485 g/mol. The van der Waals surface area contributed by atoms with Crippen LogP contribution in [0.4, 0.5) is 11.5 Å². The molecule has 2 aromatic rings. The van der Waals surface area contributed by atoms with E-state index in [9.17, 15) is 14.4 Å². The largest absolute Gasteiger partial charge is 0.383 e. The van der Waals surface area contributed by atoms with Gasteiger partial charge in [0.1, 0.15) is 5.82 Å². The molecular weight excluding hydrogens is 458 g/mol. The average Bonchev–Trinajstić information content (AvgIpc) is 3.08. The molecule has 2 rings (SSSR count). The van der Waals surface area contributed by atoms with Crippen molar-refractivity contribution in [1.82, 2.24) is 14.5 Å². The van der Waals surface area contributed by atoms with E-state index in [2.05, 4.69) is 20.9 Å². The number of likely N-dealkylation sites (N-methyl/N-ethyl adjacent to an activating group) is 2. The highest BCUT2D eigenvalue weighted by molar-refractivity contribution is 9.11. The number of rotatable bonds is 10. The van der Waals surface area contributed by atoms with Gasteiger partial charge in [-0.25, -0.2) is 4.79 Å². The summed E-state index contributed by atoms with van der Waals surface area (Å²) in [6.45, 7) is 7.90. The third-order valence-electron chi connectivity index (χ3n) is 4.65. The summed E-state index contributed by atoms with van der Waals surface area (Å²) >= 11 is 5.07. The van der Waals surface area contributed by atoms with Gasteiger partial charge >= 0.3 is 5.69 Å². The van der Waals surface area contributed by atoms with Crippen LogP contribution in [0.5, 0.6) is 0 Å². The number of nitrogens with one attached hydrogen (secondary N) is 1. The van der Waals surface area contributed by atoms with Gasteiger partial charge in [0.2, 0.25) is 5.91 Å². The van der Waals surface area contributed by atoms with Crippen molar-refractivity contribution in [2.24, 2.45) is 0 Å². The molecule has 2 aromatic heterocycles. The summed E-state index contributed by atoms with van der Waals surface area (Å²) in [5.74, 6) is -0.199. The second-order valence-corrected chi connectivity index (χ2v) is 9.19. The van der Waals surface area contributed by atoms with Gasteiger partial charge in [0.05, 0.1) is 10.3 Å². The number of anilines is 2. The molecule has 0 fully saturated rings. The molecule has 8 nitrogen and oxygen atoms in total. The zero-order valence-corrected chi connectivity index (χ0v) is 19.4. The number of thiophene rings is 1. The van der Waals surface area contributed by atoms with E-state index in [0.29, 0.717) is 19.6 Å². The van der Waals surface area contributed by atoms with E-state index in [1.807, 2.05) is 30.9 Å². The van der Waals surface area contributed by atoms with Gasteiger partial charge in [0, 0.05) is 24.5 Å². The van der Waals surface area contributed by atoms with Crippen molar-refractivity contribution in [3.8, 4) is 0 Å². The lowest BCUT2D eigenvalue weighted by atomic mass is 10.3. The topological polar surface area (TPSA) is 104 Å². The minimum Gasteiger partial charge on any atom is -0.383 e. The lowest BCUT2D eigenvalue weighted by Gasteiger charge is -2.26. The Morgan fingerprint density at radius 2 is 1.97 bits per heavy atom. The Morgan fingerprint density at radius 1 is 1.24 bits per heavy atom. The fourth-order valence-corrected chi connectivity index (χ4v) is 4.57. The number of nitrogens with zero attached hydrogens (tertiary/aromatic N) is 3. The number of H-pyrrole nitrogens is 1. The number of carbonyl (C=O) groups excluding carboxylic acids is 1. The maximum atomic E-state index is 13.0. The van der Waals surface area contributed by atoms with E-state index in [-0.39, 0.29) is 30.5 Å². The summed E-state index contributed by atoms with van der Waals surface area (Å²) in [5.41, 5.74) is 5.02. The first kappa shape index (κ1) is 23.4. The van der Waals surface area contributed by atoms with Gasteiger partial charge in [-0.05, 0) is 48.0 Å². The molecule has 1 amide bonds. The Balaban J connectivity index is 2.28. The van der Waals surface area contributed by atoms with Crippen molar-refractivity contribution in [2.45, 2.75) is 46.7 Å². The van der Waals surface area contributed by atoms with Crippen LogP contribution in [0.2, 0.25) is 0 Å². The summed E-state index contributed by atoms with van der Waals surface area (Å²) in [6, 6.07) is 4.00. The van der Waals surface area contributed by atoms with E-state index in [1.54, 1.807) is 18.3 Å². The fourth-order valence-electron chi connectivity index (χ4n) is 3.05. The van der Waals surface area contributed by atoms with E-state index in [1.165, 1.54) is 9.47 Å². The fraction of sp³-hybridized carbons (Fsp3) is 0.526. The Kier molecular flexibility index (Phi) is 8.66. The number of aromatic nitrogens is 2. The Morgan fingerprint density at radius 3 is 2.52 bits per heavy atom. The molecule has 0 aliphatic heterocycles. The summed E-state index contributed by atoms with van der Waals surface area (Å²) in [6.07, 6.45) is 1.62. The first-order valence-electron chi connectivity index (χ1n) is 9.71. The summed E-state index contributed by atoms with van der Waals surface area (Å²) in [4.78, 5) is 44.5. The van der Waals surface area contributed by atoms with E-state index in [0.717, 1.165) is 21.5 Å². The third kappa shape index (κ3) is 5.80. The highest BCUT2D eigenvalue weighted by atomic mass is 79.9. The molecule has 160 valence electrons. The van der Waals surface area contributed by atoms with Crippen LogP contribution >= 0.6 is 27.3 Å². The summed E-state index contributed by atoms with van der Waals surface area (Å²) in [5, 5.41) is 0. The number of carbonyl (C=O) groups is 1. The maximum absolute atomic E-state index is 13.0. The smallest absolute Gasteiger partial charge is 0.330 e. The summed E-state index contributed by atoms with van der Waals surface area (Å²) in [7, 11) is 0. The van der Waals surface area contributed by atoms with Crippen molar-refractivity contribution < 1.29 is 4.79 Å². The number of halogens is 1. The van der Waals surface area contributed by atoms with Crippen LogP contribution in [0.15, 0.2) is 25.5 Å². The van der Waals surface area contributed by atoms with Crippen LogP contribution in [0.25, 0.3) is 0 Å². The molecule has 0 aliphatic rings. The molecule has 2 heterocycles. The number of hydrogen-bond donors (Lipinski definition) is 2. The number of aromatic amines is 1. The van der Waals surface area contributed by atoms with Crippen molar-refractivity contribution in [3.05, 3.63) is 41.6 Å². The van der Waals surface area contributed by atoms with Gasteiger partial charge in [0.15, 0.2) is 5.69 Å². The third-order valence-corrected chi connectivity index (χ3v) is 6.26. The molecule has 0 saturated heterocycles. The van der Waals surface area contributed by atoms with Gasteiger partial charge < -0.3 is 10.6 Å². The zero-order chi connectivity index (χ0) is 21.6. The van der Waals surface area contributed by atoms with Crippen LogP contribution in [0.3, 0.4) is 0 Å². The van der Waals surface area contributed by atoms with Gasteiger partial charge in [-0.1, -0.05) is 20.3 Å². The second-order valence-electron chi connectivity index (χ2n) is 6.65. The van der Waals surface area contributed by atoms with Crippen LogP contribution in [0.1, 0.15) is 38.5 Å². The average molecular weight is 486 g/mol. The Hall–Kier alpha value is -1.91. The zero-order valence-electron chi connectivity index (χ0n) is 17.0. The van der Waals surface area contributed by atoms with Gasteiger partial charge in [0.25, 0.3) is 5.56 Å². The quantitative estimate of drug-likeness (QED) is 0.537. The van der Waals surface area contributed by atoms with Crippen molar-refractivity contribution >= 4 is 44.7 Å². The number of unbranched alkanes of at least 4 members (excludes halogenated alkanes) is 1. The van der Waals surface area contributed by atoms with Crippen LogP contribution < -0.4 is 21.9 Å². The lowest BCUT2D eigenvalue weighted by Crippen LogP contribution is -2.45. The van der Waals surface area contributed by atoms with Crippen LogP contribution in [-0.2, 0) is 17.9 Å². The molecule has 10 heteroatoms. The molecule has 0 spiro atoms. The normalized spacial score (nSPS) is 11.2. The molecule has 29 heavy (non-hydrogen) atoms. The molecular formula is C19H28BrN5O3S. The number of hydrogen-bond acceptors (Lipinski definition) is 6. The standard InChI is InChI=1S/C19H28BrN5O3S/c1-4-7-10-25-17(21)16(18(27)22-19(25)28)24(6-3)15(26)12-23(5-2)11-13-8-9-14(20)29-13/h8-9H,4-7,10-12,21H2,1-3H3,(H,22,27,28). The predicted molar refractivity (Wildman–Crippen MR) is 122 cm³/mol. The number of nitrogen functional groups attached to an aromatic ring is 1. The minimum atomic E-state index is -0.638. The minimum absolute atomic E-state index is 0.0348. The molecule has 0 aliphatic carbocycles. The lowest BCUT2D eigenvalue weighted by molar-refractivity contribution is -0.119. The SMILES string of the molecule is CCCCn1c(N)c(N(CC)C(=O)CN(CC)Cc2ccc(Br)s2)c(=O)[nH]c1=O. The van der Waals surface area contributed by atoms with E-state index in [4.69, 9.17) is 5.73 Å². The molecule has 0 unspecified atom stereocenters. The van der Waals surface area contributed by atoms with Crippen LogP contribution in [0, 0.1) is 0 Å². The molecule has 3 N–H and O–H groups in total. The van der Waals surface area contributed by atoms with Crippen molar-refractivity contribution in [2.75, 3.05) is 30.3 Å². The van der Waals surface area contributed by atoms with Crippen LogP contribution in [-0.4, -0.2) is 40.0 Å². The molecule has 0 saturated carbocycles. The second kappa shape index (κ2) is 10.7. The first-order valence-corrected chi connectivity index (χ1v) is 11.3. The van der Waals surface area contributed by atoms with E-state index < -0.39 is 11.2 Å². The maximum Gasteiger partial charge on any atom is 0.330 e. The Bertz CT molecular complexity index is 952. The molecule has 0 atom stereocenters. The van der Waals surface area contributed by atoms with Gasteiger partial charge in [-0.3, -0.25) is 24.0 Å². The highest BCUT2D eigenvalue weighted by Crippen LogP contribution is 2.23. The molecule has 0 bridgehead atoms. The highest BCUT2D eigenvalue weighted by Gasteiger charge is 2.24.